The van der Waals surface area contributed by atoms with E-state index in [0.717, 1.165) is 18.8 Å². The summed E-state index contributed by atoms with van der Waals surface area (Å²) in [6.45, 7) is 5.21. The Labute approximate surface area is 101 Å². The summed E-state index contributed by atoms with van der Waals surface area (Å²) >= 11 is 11.5. The van der Waals surface area contributed by atoms with E-state index in [9.17, 15) is 0 Å². The summed E-state index contributed by atoms with van der Waals surface area (Å²) in [5, 5.41) is 0.666. The Bertz CT molecular complexity index is 285. The quantitative estimate of drug-likeness (QED) is 0.739. The highest BCUT2D eigenvalue weighted by molar-refractivity contribution is 6.30. The number of hydrogen-bond acceptors (Lipinski definition) is 2. The van der Waals surface area contributed by atoms with E-state index in [1.165, 1.54) is 0 Å². The van der Waals surface area contributed by atoms with Crippen molar-refractivity contribution in [2.45, 2.75) is 26.3 Å². The lowest BCUT2D eigenvalue weighted by molar-refractivity contribution is 0.664. The molecule has 0 bridgehead atoms. The van der Waals surface area contributed by atoms with Crippen LogP contribution in [0.1, 0.15) is 20.3 Å². The van der Waals surface area contributed by atoms with Crippen LogP contribution in [0.25, 0.3) is 0 Å². The average Bonchev–Trinajstić information content (AvgIpc) is 2.21. The van der Waals surface area contributed by atoms with Crippen molar-refractivity contribution in [2.75, 3.05) is 17.3 Å². The molecule has 1 rings (SSSR count). The fraction of sp³-hybridized carbons (Fsp3) is 0.545. The Morgan fingerprint density at radius 1 is 1.40 bits per heavy atom. The van der Waals surface area contributed by atoms with Gasteiger partial charge in [0.2, 0.25) is 0 Å². The van der Waals surface area contributed by atoms with Crippen molar-refractivity contribution in [3.8, 4) is 0 Å². The standard InChI is InChI=1S/C11H16Cl2N2/c1-9(2)15(7-3-6-12)11-5-4-10(13)8-14-11/h4-5,8-9H,3,6-7H2,1-2H3. The topological polar surface area (TPSA) is 16.1 Å². The van der Waals surface area contributed by atoms with Gasteiger partial charge >= 0.3 is 0 Å². The van der Waals surface area contributed by atoms with Crippen molar-refractivity contribution in [2.24, 2.45) is 0 Å². The number of rotatable bonds is 5. The zero-order valence-electron chi connectivity index (χ0n) is 9.08. The third-order valence-corrected chi connectivity index (χ3v) is 2.65. The highest BCUT2D eigenvalue weighted by atomic mass is 35.5. The Hall–Kier alpha value is -0.470. The monoisotopic (exact) mass is 246 g/mol. The normalized spacial score (nSPS) is 10.7. The highest BCUT2D eigenvalue weighted by Gasteiger charge is 2.10. The fourth-order valence-corrected chi connectivity index (χ4v) is 1.64. The molecule has 1 aromatic rings. The maximum Gasteiger partial charge on any atom is 0.128 e. The first-order valence-corrected chi connectivity index (χ1v) is 6.00. The van der Waals surface area contributed by atoms with Gasteiger partial charge in [-0.15, -0.1) is 11.6 Å². The number of alkyl halides is 1. The van der Waals surface area contributed by atoms with E-state index in [0.29, 0.717) is 16.9 Å². The minimum Gasteiger partial charge on any atom is -0.354 e. The van der Waals surface area contributed by atoms with Crippen LogP contribution >= 0.6 is 23.2 Å². The third-order valence-electron chi connectivity index (χ3n) is 2.16. The Balaban J connectivity index is 2.74. The summed E-state index contributed by atoms with van der Waals surface area (Å²) in [5.41, 5.74) is 0. The first-order valence-electron chi connectivity index (χ1n) is 5.09. The predicted octanol–water partition coefficient (Wildman–Crippen LogP) is 3.58. The van der Waals surface area contributed by atoms with Gasteiger partial charge in [0.25, 0.3) is 0 Å². The molecule has 1 aromatic heterocycles. The Morgan fingerprint density at radius 3 is 2.60 bits per heavy atom. The molecule has 0 atom stereocenters. The minimum absolute atomic E-state index is 0.418. The molecule has 84 valence electrons. The van der Waals surface area contributed by atoms with Crippen molar-refractivity contribution in [1.29, 1.82) is 0 Å². The second-order valence-corrected chi connectivity index (χ2v) is 4.48. The Morgan fingerprint density at radius 2 is 2.13 bits per heavy atom. The summed E-state index contributed by atoms with van der Waals surface area (Å²) in [6.07, 6.45) is 2.64. The van der Waals surface area contributed by atoms with Crippen molar-refractivity contribution in [1.82, 2.24) is 4.98 Å². The molecule has 0 radical (unpaired) electrons. The summed E-state index contributed by atoms with van der Waals surface area (Å²) < 4.78 is 0. The molecule has 0 amide bonds. The molecule has 0 aliphatic rings. The zero-order chi connectivity index (χ0) is 11.3. The van der Waals surface area contributed by atoms with Gasteiger partial charge in [-0.3, -0.25) is 0 Å². The van der Waals surface area contributed by atoms with Gasteiger partial charge < -0.3 is 4.90 Å². The number of anilines is 1. The van der Waals surface area contributed by atoms with Crippen LogP contribution in [-0.2, 0) is 0 Å². The summed E-state index contributed by atoms with van der Waals surface area (Å²) in [5.74, 6) is 1.64. The van der Waals surface area contributed by atoms with E-state index in [2.05, 4.69) is 23.7 Å². The lowest BCUT2D eigenvalue weighted by Gasteiger charge is -2.27. The third kappa shape index (κ3) is 3.88. The average molecular weight is 247 g/mol. The van der Waals surface area contributed by atoms with Crippen LogP contribution in [0.5, 0.6) is 0 Å². The molecule has 2 nitrogen and oxygen atoms in total. The summed E-state index contributed by atoms with van der Waals surface area (Å²) in [7, 11) is 0. The van der Waals surface area contributed by atoms with Gasteiger partial charge in [-0.1, -0.05) is 11.6 Å². The molecule has 0 aromatic carbocycles. The van der Waals surface area contributed by atoms with Crippen LogP contribution in [0, 0.1) is 0 Å². The van der Waals surface area contributed by atoms with Crippen LogP contribution in [0.3, 0.4) is 0 Å². The van der Waals surface area contributed by atoms with E-state index in [4.69, 9.17) is 23.2 Å². The van der Waals surface area contributed by atoms with Crippen LogP contribution < -0.4 is 4.90 Å². The molecule has 0 fully saturated rings. The molecule has 0 unspecified atom stereocenters. The molecule has 0 saturated heterocycles. The van der Waals surface area contributed by atoms with Crippen LogP contribution in [0.2, 0.25) is 5.02 Å². The number of aromatic nitrogens is 1. The van der Waals surface area contributed by atoms with Gasteiger partial charge in [-0.05, 0) is 32.4 Å². The molecule has 15 heavy (non-hydrogen) atoms. The van der Waals surface area contributed by atoms with Crippen LogP contribution in [-0.4, -0.2) is 23.5 Å². The van der Waals surface area contributed by atoms with Gasteiger partial charge in [0, 0.05) is 24.7 Å². The van der Waals surface area contributed by atoms with Gasteiger partial charge in [-0.2, -0.15) is 0 Å². The molecule has 1 heterocycles. The molecular weight excluding hydrogens is 231 g/mol. The zero-order valence-corrected chi connectivity index (χ0v) is 10.6. The van der Waals surface area contributed by atoms with Crippen LogP contribution in [0.4, 0.5) is 5.82 Å². The van der Waals surface area contributed by atoms with Gasteiger partial charge in [-0.25, -0.2) is 4.98 Å². The minimum atomic E-state index is 0.418. The first-order chi connectivity index (χ1) is 7.15. The SMILES string of the molecule is CC(C)N(CCCCl)c1ccc(Cl)cn1. The number of pyridine rings is 1. The van der Waals surface area contributed by atoms with Gasteiger partial charge in [0.05, 0.1) is 5.02 Å². The van der Waals surface area contributed by atoms with E-state index in [-0.39, 0.29) is 0 Å². The number of nitrogens with zero attached hydrogens (tertiary/aromatic N) is 2. The molecular formula is C11H16Cl2N2. The summed E-state index contributed by atoms with van der Waals surface area (Å²) in [6, 6.07) is 4.22. The fourth-order valence-electron chi connectivity index (χ4n) is 1.41. The molecule has 4 heteroatoms. The number of halogens is 2. The molecule has 0 aliphatic carbocycles. The van der Waals surface area contributed by atoms with Gasteiger partial charge in [0.15, 0.2) is 0 Å². The predicted molar refractivity (Wildman–Crippen MR) is 67.1 cm³/mol. The molecule has 0 N–H and O–H groups in total. The largest absolute Gasteiger partial charge is 0.354 e. The van der Waals surface area contributed by atoms with Crippen molar-refractivity contribution >= 4 is 29.0 Å². The molecule has 0 aliphatic heterocycles. The second-order valence-electron chi connectivity index (χ2n) is 3.66. The van der Waals surface area contributed by atoms with Crippen molar-refractivity contribution < 1.29 is 0 Å². The number of hydrogen-bond donors (Lipinski definition) is 0. The second kappa shape index (κ2) is 6.19. The van der Waals surface area contributed by atoms with Crippen molar-refractivity contribution in [3.63, 3.8) is 0 Å². The first kappa shape index (κ1) is 12.6. The van der Waals surface area contributed by atoms with Crippen LogP contribution in [0.15, 0.2) is 18.3 Å². The van der Waals surface area contributed by atoms with E-state index < -0.39 is 0 Å². The van der Waals surface area contributed by atoms with Crippen molar-refractivity contribution in [3.05, 3.63) is 23.4 Å². The highest BCUT2D eigenvalue weighted by Crippen LogP contribution is 2.16. The van der Waals surface area contributed by atoms with E-state index in [1.807, 2.05) is 12.1 Å². The maximum atomic E-state index is 5.80. The summed E-state index contributed by atoms with van der Waals surface area (Å²) in [4.78, 5) is 6.52. The lowest BCUT2D eigenvalue weighted by Crippen LogP contribution is -2.32. The van der Waals surface area contributed by atoms with Gasteiger partial charge in [0.1, 0.15) is 5.82 Å². The molecule has 0 spiro atoms. The molecule has 0 saturated carbocycles. The smallest absolute Gasteiger partial charge is 0.128 e. The lowest BCUT2D eigenvalue weighted by atomic mass is 10.3. The Kier molecular flexibility index (Phi) is 5.20. The van der Waals surface area contributed by atoms with E-state index >= 15 is 0 Å². The maximum absolute atomic E-state index is 5.80. The van der Waals surface area contributed by atoms with E-state index in [1.54, 1.807) is 6.20 Å².